The number of benzene rings is 1. The molecule has 1 aliphatic heterocycles. The van der Waals surface area contributed by atoms with E-state index >= 15 is 0 Å². The Balaban J connectivity index is 1.88. The van der Waals surface area contributed by atoms with Crippen LogP contribution in [0.5, 0.6) is 0 Å². The van der Waals surface area contributed by atoms with E-state index in [9.17, 15) is 8.42 Å². The van der Waals surface area contributed by atoms with Gasteiger partial charge >= 0.3 is 0 Å². The summed E-state index contributed by atoms with van der Waals surface area (Å²) in [6.45, 7) is 6.56. The zero-order valence-electron chi connectivity index (χ0n) is 12.9. The summed E-state index contributed by atoms with van der Waals surface area (Å²) in [5, 5.41) is 6.03. The molecule has 0 unspecified atom stereocenters. The van der Waals surface area contributed by atoms with Crippen LogP contribution in [0.4, 0.5) is 10.8 Å². The number of rotatable bonds is 6. The fraction of sp³-hybridized carbons (Fsp3) is 0.312. The maximum atomic E-state index is 12.1. The first-order valence-corrected chi connectivity index (χ1v) is 9.98. The summed E-state index contributed by atoms with van der Waals surface area (Å²) < 4.78 is 25.8. The SMILES string of the molecule is C=CCNc1nc(-c2ccc3c(c2)CCN3S(=O)(=O)CC)cs1. The van der Waals surface area contributed by atoms with Gasteiger partial charge in [-0.2, -0.15) is 0 Å². The van der Waals surface area contributed by atoms with E-state index in [1.165, 1.54) is 4.31 Å². The van der Waals surface area contributed by atoms with Crippen LogP contribution in [0, 0.1) is 0 Å². The van der Waals surface area contributed by atoms with Crippen LogP contribution < -0.4 is 9.62 Å². The van der Waals surface area contributed by atoms with E-state index in [0.717, 1.165) is 34.1 Å². The minimum absolute atomic E-state index is 0.124. The van der Waals surface area contributed by atoms with Gasteiger partial charge in [-0.25, -0.2) is 13.4 Å². The van der Waals surface area contributed by atoms with Gasteiger partial charge in [-0.05, 0) is 31.0 Å². The van der Waals surface area contributed by atoms with Gasteiger partial charge in [0.15, 0.2) is 5.13 Å². The highest BCUT2D eigenvalue weighted by Crippen LogP contribution is 2.34. The second-order valence-electron chi connectivity index (χ2n) is 5.27. The summed E-state index contributed by atoms with van der Waals surface area (Å²) >= 11 is 1.55. The highest BCUT2D eigenvalue weighted by Gasteiger charge is 2.28. The van der Waals surface area contributed by atoms with E-state index in [-0.39, 0.29) is 5.75 Å². The van der Waals surface area contributed by atoms with Crippen molar-refractivity contribution in [2.45, 2.75) is 13.3 Å². The maximum Gasteiger partial charge on any atom is 0.234 e. The second kappa shape index (κ2) is 6.33. The average molecular weight is 349 g/mol. The third kappa shape index (κ3) is 3.11. The Morgan fingerprint density at radius 2 is 2.30 bits per heavy atom. The molecule has 0 saturated carbocycles. The number of anilines is 2. The van der Waals surface area contributed by atoms with E-state index in [1.54, 1.807) is 24.3 Å². The van der Waals surface area contributed by atoms with Crippen molar-refractivity contribution in [1.29, 1.82) is 0 Å². The lowest BCUT2D eigenvalue weighted by atomic mass is 10.1. The number of hydrogen-bond donors (Lipinski definition) is 1. The van der Waals surface area contributed by atoms with Crippen molar-refractivity contribution in [2.75, 3.05) is 28.5 Å². The van der Waals surface area contributed by atoms with Gasteiger partial charge in [-0.15, -0.1) is 17.9 Å². The summed E-state index contributed by atoms with van der Waals surface area (Å²) in [6, 6.07) is 5.88. The van der Waals surface area contributed by atoms with Gasteiger partial charge in [0, 0.05) is 24.0 Å². The molecule has 2 aromatic rings. The third-order valence-electron chi connectivity index (χ3n) is 3.83. The lowest BCUT2D eigenvalue weighted by molar-refractivity contribution is 0.593. The topological polar surface area (TPSA) is 62.3 Å². The van der Waals surface area contributed by atoms with Gasteiger partial charge in [-0.3, -0.25) is 4.31 Å². The highest BCUT2D eigenvalue weighted by atomic mass is 32.2. The number of thiazole rings is 1. The Morgan fingerprint density at radius 1 is 1.48 bits per heavy atom. The van der Waals surface area contributed by atoms with Crippen molar-refractivity contribution >= 4 is 32.2 Å². The van der Waals surface area contributed by atoms with Gasteiger partial charge in [0.05, 0.1) is 17.1 Å². The summed E-state index contributed by atoms with van der Waals surface area (Å²) in [5.74, 6) is 0.124. The van der Waals surface area contributed by atoms with Crippen molar-refractivity contribution < 1.29 is 8.42 Å². The quantitative estimate of drug-likeness (QED) is 0.814. The monoisotopic (exact) mass is 349 g/mol. The molecule has 0 saturated heterocycles. The molecule has 2 heterocycles. The molecule has 0 bridgehead atoms. The Kier molecular flexibility index (Phi) is 4.41. The van der Waals surface area contributed by atoms with Crippen LogP contribution >= 0.6 is 11.3 Å². The van der Waals surface area contributed by atoms with E-state index in [0.29, 0.717) is 13.1 Å². The van der Waals surface area contributed by atoms with E-state index in [2.05, 4.69) is 16.9 Å². The van der Waals surface area contributed by atoms with Crippen LogP contribution in [0.1, 0.15) is 12.5 Å². The molecule has 0 aliphatic carbocycles. The molecule has 1 aliphatic rings. The molecule has 0 radical (unpaired) electrons. The summed E-state index contributed by atoms with van der Waals surface area (Å²) in [6.07, 6.45) is 2.54. The minimum atomic E-state index is -3.19. The lowest BCUT2D eigenvalue weighted by Crippen LogP contribution is -2.30. The predicted molar refractivity (Wildman–Crippen MR) is 96.7 cm³/mol. The maximum absolute atomic E-state index is 12.1. The second-order valence-corrected chi connectivity index (χ2v) is 8.31. The molecule has 3 rings (SSSR count). The molecule has 122 valence electrons. The molecule has 1 N–H and O–H groups in total. The zero-order chi connectivity index (χ0) is 16.4. The van der Waals surface area contributed by atoms with Crippen LogP contribution in [0.3, 0.4) is 0 Å². The van der Waals surface area contributed by atoms with Crippen LogP contribution in [0.25, 0.3) is 11.3 Å². The summed E-state index contributed by atoms with van der Waals surface area (Å²) in [5.41, 5.74) is 3.78. The number of hydrogen-bond acceptors (Lipinski definition) is 5. The van der Waals surface area contributed by atoms with Gasteiger partial charge in [0.2, 0.25) is 10.0 Å². The smallest absolute Gasteiger partial charge is 0.234 e. The van der Waals surface area contributed by atoms with Gasteiger partial charge in [0.1, 0.15) is 0 Å². The molecule has 7 heteroatoms. The molecule has 0 fully saturated rings. The zero-order valence-corrected chi connectivity index (χ0v) is 14.6. The van der Waals surface area contributed by atoms with Crippen LogP contribution in [0.15, 0.2) is 36.2 Å². The normalized spacial score (nSPS) is 13.9. The molecule has 1 aromatic carbocycles. The van der Waals surface area contributed by atoms with Crippen molar-refractivity contribution in [3.63, 3.8) is 0 Å². The number of nitrogens with one attached hydrogen (secondary N) is 1. The van der Waals surface area contributed by atoms with Crippen molar-refractivity contribution in [1.82, 2.24) is 4.98 Å². The van der Waals surface area contributed by atoms with Gasteiger partial charge in [-0.1, -0.05) is 12.1 Å². The van der Waals surface area contributed by atoms with Crippen molar-refractivity contribution in [3.05, 3.63) is 41.8 Å². The first-order chi connectivity index (χ1) is 11.0. The molecule has 23 heavy (non-hydrogen) atoms. The Bertz CT molecular complexity index is 828. The lowest BCUT2D eigenvalue weighted by Gasteiger charge is -2.18. The van der Waals surface area contributed by atoms with Crippen LogP contribution in [0.2, 0.25) is 0 Å². The first kappa shape index (κ1) is 16.0. The van der Waals surface area contributed by atoms with Crippen molar-refractivity contribution in [2.24, 2.45) is 0 Å². The van der Waals surface area contributed by atoms with E-state index < -0.39 is 10.0 Å². The minimum Gasteiger partial charge on any atom is -0.358 e. The molecule has 0 amide bonds. The Morgan fingerprint density at radius 3 is 3.04 bits per heavy atom. The summed E-state index contributed by atoms with van der Waals surface area (Å²) in [7, 11) is -3.19. The Labute approximate surface area is 140 Å². The molecular formula is C16H19N3O2S2. The van der Waals surface area contributed by atoms with Gasteiger partial charge in [0.25, 0.3) is 0 Å². The first-order valence-electron chi connectivity index (χ1n) is 7.49. The standard InChI is InChI=1S/C16H19N3O2S2/c1-3-8-17-16-18-14(11-22-16)12-5-6-15-13(10-12)7-9-19(15)23(20,21)4-2/h3,5-6,10-11H,1,4,7-9H2,2H3,(H,17,18). The highest BCUT2D eigenvalue weighted by molar-refractivity contribution is 7.92. The fourth-order valence-corrected chi connectivity index (χ4v) is 4.51. The van der Waals surface area contributed by atoms with E-state index in [1.807, 2.05) is 23.6 Å². The third-order valence-corrected chi connectivity index (χ3v) is 6.41. The fourth-order valence-electron chi connectivity index (χ4n) is 2.62. The predicted octanol–water partition coefficient (Wildman–Crippen LogP) is 3.12. The molecule has 1 aromatic heterocycles. The Hall–Kier alpha value is -1.86. The molecule has 5 nitrogen and oxygen atoms in total. The number of sulfonamides is 1. The molecular weight excluding hydrogens is 330 g/mol. The largest absolute Gasteiger partial charge is 0.358 e. The average Bonchev–Trinajstić information content (AvgIpc) is 3.19. The van der Waals surface area contributed by atoms with E-state index in [4.69, 9.17) is 0 Å². The van der Waals surface area contributed by atoms with Crippen LogP contribution in [-0.4, -0.2) is 32.2 Å². The number of nitrogens with zero attached hydrogens (tertiary/aromatic N) is 2. The number of aromatic nitrogens is 1. The molecule has 0 atom stereocenters. The van der Waals surface area contributed by atoms with Crippen molar-refractivity contribution in [3.8, 4) is 11.3 Å². The van der Waals surface area contributed by atoms with Gasteiger partial charge < -0.3 is 5.32 Å². The number of fused-ring (bicyclic) bond motifs is 1. The van der Waals surface area contributed by atoms with Crippen LogP contribution in [-0.2, 0) is 16.4 Å². The molecule has 0 spiro atoms. The summed E-state index contributed by atoms with van der Waals surface area (Å²) in [4.78, 5) is 4.56.